The van der Waals surface area contributed by atoms with Gasteiger partial charge in [-0.05, 0) is 75.7 Å². The molecule has 0 amide bonds. The SMILES string of the molecule is CCN(CC)c1ccc(C=CC2=CC(c3ccccc3N(CC)CC)N(c3ccccc3)N2)cc1. The first-order valence-corrected chi connectivity index (χ1v) is 12.9. The molecule has 3 aromatic rings. The zero-order valence-electron chi connectivity index (χ0n) is 21.5. The fourth-order valence-corrected chi connectivity index (χ4v) is 4.79. The molecule has 1 aliphatic rings. The Morgan fingerprint density at radius 1 is 0.714 bits per heavy atom. The summed E-state index contributed by atoms with van der Waals surface area (Å²) in [5.41, 5.74) is 11.0. The predicted molar refractivity (Wildman–Crippen MR) is 152 cm³/mol. The quantitative estimate of drug-likeness (QED) is 0.346. The Morgan fingerprint density at radius 2 is 1.34 bits per heavy atom. The molecule has 0 saturated heterocycles. The van der Waals surface area contributed by atoms with Crippen molar-refractivity contribution in [1.82, 2.24) is 5.43 Å². The average Bonchev–Trinajstić information content (AvgIpc) is 3.35. The number of nitrogens with one attached hydrogen (secondary N) is 1. The van der Waals surface area contributed by atoms with Crippen molar-refractivity contribution in [1.29, 1.82) is 0 Å². The molecular weight excluding hydrogens is 428 g/mol. The molecule has 0 radical (unpaired) electrons. The first-order chi connectivity index (χ1) is 17.2. The molecule has 1 N–H and O–H groups in total. The maximum atomic E-state index is 3.66. The van der Waals surface area contributed by atoms with E-state index in [9.17, 15) is 0 Å². The molecule has 182 valence electrons. The summed E-state index contributed by atoms with van der Waals surface area (Å²) in [6, 6.07) is 28.3. The Morgan fingerprint density at radius 3 is 2.00 bits per heavy atom. The van der Waals surface area contributed by atoms with Crippen LogP contribution in [0.1, 0.15) is 44.9 Å². The molecule has 4 nitrogen and oxygen atoms in total. The van der Waals surface area contributed by atoms with Gasteiger partial charge in [-0.2, -0.15) is 0 Å². The van der Waals surface area contributed by atoms with Gasteiger partial charge in [-0.3, -0.25) is 10.4 Å². The molecule has 0 spiro atoms. The second kappa shape index (κ2) is 11.7. The van der Waals surface area contributed by atoms with E-state index in [4.69, 9.17) is 0 Å². The first-order valence-electron chi connectivity index (χ1n) is 12.9. The monoisotopic (exact) mass is 466 g/mol. The first kappa shape index (κ1) is 24.5. The molecule has 0 aromatic heterocycles. The van der Waals surface area contributed by atoms with Crippen LogP contribution in [0.2, 0.25) is 0 Å². The number of nitrogens with zero attached hydrogens (tertiary/aromatic N) is 3. The van der Waals surface area contributed by atoms with E-state index >= 15 is 0 Å². The Balaban J connectivity index is 1.64. The zero-order chi connectivity index (χ0) is 24.6. The molecule has 0 bridgehead atoms. The van der Waals surface area contributed by atoms with Gasteiger partial charge >= 0.3 is 0 Å². The van der Waals surface area contributed by atoms with E-state index in [1.165, 1.54) is 22.5 Å². The maximum Gasteiger partial charge on any atom is 0.0978 e. The van der Waals surface area contributed by atoms with Gasteiger partial charge in [0.25, 0.3) is 0 Å². The van der Waals surface area contributed by atoms with E-state index in [1.807, 2.05) is 0 Å². The Labute approximate surface area is 211 Å². The number of benzene rings is 3. The molecule has 1 unspecified atom stereocenters. The van der Waals surface area contributed by atoms with Gasteiger partial charge < -0.3 is 9.80 Å². The van der Waals surface area contributed by atoms with Crippen molar-refractivity contribution in [3.63, 3.8) is 0 Å². The van der Waals surface area contributed by atoms with E-state index in [2.05, 4.69) is 145 Å². The van der Waals surface area contributed by atoms with Crippen LogP contribution in [-0.2, 0) is 0 Å². The predicted octanol–water partition coefficient (Wildman–Crippen LogP) is 7.04. The van der Waals surface area contributed by atoms with Crippen LogP contribution in [0.15, 0.2) is 96.7 Å². The van der Waals surface area contributed by atoms with Crippen LogP contribution in [0.5, 0.6) is 0 Å². The molecule has 35 heavy (non-hydrogen) atoms. The summed E-state index contributed by atoms with van der Waals surface area (Å²) in [6.45, 7) is 12.8. The third-order valence-corrected chi connectivity index (χ3v) is 6.74. The summed E-state index contributed by atoms with van der Waals surface area (Å²) in [6.07, 6.45) is 6.70. The minimum Gasteiger partial charge on any atom is -0.372 e. The van der Waals surface area contributed by atoms with Gasteiger partial charge in [-0.25, -0.2) is 0 Å². The standard InChI is InChI=1S/C31H38N4/c1-5-33(6-2)27-22-19-25(20-23-27)18-21-26-24-31(35(32-26)28-14-10-9-11-15-28)29-16-12-13-17-30(29)34(7-3)8-4/h9-24,31-32H,5-8H2,1-4H3. The Kier molecular flexibility index (Phi) is 8.15. The van der Waals surface area contributed by atoms with E-state index in [1.54, 1.807) is 0 Å². The maximum absolute atomic E-state index is 3.66. The number of hydrazine groups is 1. The molecule has 0 saturated carbocycles. The van der Waals surface area contributed by atoms with Crippen molar-refractivity contribution in [3.05, 3.63) is 108 Å². The topological polar surface area (TPSA) is 21.8 Å². The molecule has 1 heterocycles. The van der Waals surface area contributed by atoms with Gasteiger partial charge in [-0.1, -0.05) is 54.6 Å². The third-order valence-electron chi connectivity index (χ3n) is 6.74. The molecular formula is C31H38N4. The lowest BCUT2D eigenvalue weighted by Crippen LogP contribution is -2.35. The molecule has 0 aliphatic carbocycles. The number of para-hydroxylation sites is 2. The highest BCUT2D eigenvalue weighted by Crippen LogP contribution is 2.37. The van der Waals surface area contributed by atoms with Crippen molar-refractivity contribution in [2.24, 2.45) is 0 Å². The highest BCUT2D eigenvalue weighted by molar-refractivity contribution is 5.64. The molecule has 0 fully saturated rings. The van der Waals surface area contributed by atoms with Crippen molar-refractivity contribution >= 4 is 23.1 Å². The lowest BCUT2D eigenvalue weighted by Gasteiger charge is -2.31. The highest BCUT2D eigenvalue weighted by atomic mass is 15.5. The molecule has 3 aromatic carbocycles. The number of hydrogen-bond donors (Lipinski definition) is 1. The average molecular weight is 467 g/mol. The number of hydrogen-bond acceptors (Lipinski definition) is 4. The van der Waals surface area contributed by atoms with Crippen LogP contribution < -0.4 is 20.2 Å². The lowest BCUT2D eigenvalue weighted by atomic mass is 10.0. The molecule has 1 aliphatic heterocycles. The highest BCUT2D eigenvalue weighted by Gasteiger charge is 2.28. The normalized spacial score (nSPS) is 15.3. The fraction of sp³-hybridized carbons (Fsp3) is 0.290. The van der Waals surface area contributed by atoms with Crippen molar-refractivity contribution in [3.8, 4) is 0 Å². The number of rotatable bonds is 10. The van der Waals surface area contributed by atoms with Crippen molar-refractivity contribution in [2.75, 3.05) is 41.0 Å². The molecule has 1 atom stereocenters. The second-order valence-corrected chi connectivity index (χ2v) is 8.71. The van der Waals surface area contributed by atoms with Gasteiger partial charge in [0, 0.05) is 43.1 Å². The van der Waals surface area contributed by atoms with Gasteiger partial charge in [0.15, 0.2) is 0 Å². The number of anilines is 3. The fourth-order valence-electron chi connectivity index (χ4n) is 4.79. The van der Waals surface area contributed by atoms with Gasteiger partial charge in [0.1, 0.15) is 0 Å². The van der Waals surface area contributed by atoms with Crippen LogP contribution in [0, 0.1) is 0 Å². The van der Waals surface area contributed by atoms with E-state index in [0.717, 1.165) is 37.6 Å². The van der Waals surface area contributed by atoms with E-state index < -0.39 is 0 Å². The lowest BCUT2D eigenvalue weighted by molar-refractivity contribution is 0.705. The summed E-state index contributed by atoms with van der Waals surface area (Å²) in [4.78, 5) is 4.79. The van der Waals surface area contributed by atoms with Crippen LogP contribution in [0.3, 0.4) is 0 Å². The summed E-state index contributed by atoms with van der Waals surface area (Å²) in [5.74, 6) is 0. The van der Waals surface area contributed by atoms with Crippen LogP contribution in [-0.4, -0.2) is 26.2 Å². The zero-order valence-corrected chi connectivity index (χ0v) is 21.5. The minimum atomic E-state index is 0.0962. The summed E-state index contributed by atoms with van der Waals surface area (Å²) in [7, 11) is 0. The van der Waals surface area contributed by atoms with Gasteiger partial charge in [0.05, 0.1) is 17.4 Å². The van der Waals surface area contributed by atoms with Crippen LogP contribution >= 0.6 is 0 Å². The minimum absolute atomic E-state index is 0.0962. The molecule has 4 rings (SSSR count). The summed E-state index contributed by atoms with van der Waals surface area (Å²) in [5, 5.41) is 2.27. The summed E-state index contributed by atoms with van der Waals surface area (Å²) < 4.78 is 0. The van der Waals surface area contributed by atoms with Crippen LogP contribution in [0.25, 0.3) is 6.08 Å². The Hall–Kier alpha value is -3.66. The summed E-state index contributed by atoms with van der Waals surface area (Å²) >= 11 is 0. The third kappa shape index (κ3) is 5.54. The largest absolute Gasteiger partial charge is 0.372 e. The Bertz CT molecular complexity index is 1130. The van der Waals surface area contributed by atoms with E-state index in [-0.39, 0.29) is 6.04 Å². The van der Waals surface area contributed by atoms with Crippen molar-refractivity contribution < 1.29 is 0 Å². The smallest absolute Gasteiger partial charge is 0.0978 e. The van der Waals surface area contributed by atoms with Gasteiger partial charge in [-0.15, -0.1) is 0 Å². The molecule has 4 heteroatoms. The van der Waals surface area contributed by atoms with E-state index in [0.29, 0.717) is 0 Å². The van der Waals surface area contributed by atoms with Crippen LogP contribution in [0.4, 0.5) is 17.1 Å². The van der Waals surface area contributed by atoms with Gasteiger partial charge in [0.2, 0.25) is 0 Å². The second-order valence-electron chi connectivity index (χ2n) is 8.71. The van der Waals surface area contributed by atoms with Crippen molar-refractivity contribution in [2.45, 2.75) is 33.7 Å². The number of allylic oxidation sites excluding steroid dienone is 1.